The Balaban J connectivity index is 0.000000405. The molecule has 1 aliphatic carbocycles. The molecule has 246 valence electrons. The average Bonchev–Trinajstić information content (AvgIpc) is 3.12. The topological polar surface area (TPSA) is 17.1 Å². The number of hydrogen-bond donors (Lipinski definition) is 0. The first kappa shape index (κ1) is 40.4. The van der Waals surface area contributed by atoms with Crippen molar-refractivity contribution in [2.75, 3.05) is 0 Å². The highest BCUT2D eigenvalue weighted by Gasteiger charge is 2.35. The largest absolute Gasteiger partial charge is 0.309 e. The van der Waals surface area contributed by atoms with Crippen molar-refractivity contribution in [1.82, 2.24) is 0 Å². The molecular weight excluding hydrogens is 575 g/mol. The van der Waals surface area contributed by atoms with Crippen molar-refractivity contribution in [3.05, 3.63) is 162 Å². The zero-order chi connectivity index (χ0) is 31.8. The van der Waals surface area contributed by atoms with Crippen molar-refractivity contribution in [3.63, 3.8) is 0 Å². The van der Waals surface area contributed by atoms with E-state index in [2.05, 4.69) is 60.7 Å². The minimum atomic E-state index is -2.82. The highest BCUT2D eigenvalue weighted by molar-refractivity contribution is 7.85. The van der Waals surface area contributed by atoms with Crippen LogP contribution in [-0.4, -0.2) is 0 Å². The van der Waals surface area contributed by atoms with Gasteiger partial charge in [0.15, 0.2) is 7.14 Å². The van der Waals surface area contributed by atoms with E-state index in [1.165, 1.54) is 54.4 Å². The molecule has 0 spiro atoms. The van der Waals surface area contributed by atoms with Gasteiger partial charge in [0.1, 0.15) is 0 Å². The molecule has 0 N–H and O–H groups in total. The van der Waals surface area contributed by atoms with E-state index < -0.39 is 7.14 Å². The molecule has 5 aromatic carbocycles. The Morgan fingerprint density at radius 2 is 0.739 bits per heavy atom. The lowest BCUT2D eigenvalue weighted by atomic mass is 9.65. The number of rotatable bonds is 5. The minimum Gasteiger partial charge on any atom is -0.309 e. The Kier molecular flexibility index (Phi) is 17.9. The molecule has 2 heteroatoms. The fourth-order valence-electron chi connectivity index (χ4n) is 6.01. The summed E-state index contributed by atoms with van der Waals surface area (Å²) < 4.78 is 14.0. The van der Waals surface area contributed by atoms with E-state index in [9.17, 15) is 4.57 Å². The van der Waals surface area contributed by atoms with Crippen molar-refractivity contribution in [2.24, 2.45) is 0 Å². The number of aryl methyl sites for hydroxylation is 2. The molecule has 5 aromatic rings. The van der Waals surface area contributed by atoms with E-state index in [1.807, 2.05) is 120 Å². The third kappa shape index (κ3) is 9.67. The van der Waals surface area contributed by atoms with Crippen LogP contribution in [0.25, 0.3) is 0 Å². The fraction of sp³-hybridized carbons (Fsp3) is 0.318. The van der Waals surface area contributed by atoms with Crippen molar-refractivity contribution in [2.45, 2.75) is 93.9 Å². The molecule has 0 unspecified atom stereocenters. The molecule has 1 nitrogen and oxygen atoms in total. The van der Waals surface area contributed by atoms with Gasteiger partial charge in [0.2, 0.25) is 0 Å². The van der Waals surface area contributed by atoms with Crippen LogP contribution < -0.4 is 15.9 Å². The van der Waals surface area contributed by atoms with E-state index in [0.29, 0.717) is 0 Å². The van der Waals surface area contributed by atoms with Crippen LogP contribution in [0.4, 0.5) is 0 Å². The first-order chi connectivity index (χ1) is 21.5. The molecule has 0 aromatic heterocycles. The molecule has 0 amide bonds. The van der Waals surface area contributed by atoms with Crippen LogP contribution in [0.15, 0.2) is 140 Å². The maximum Gasteiger partial charge on any atom is 0.171 e. The van der Waals surface area contributed by atoms with E-state index in [-0.39, 0.29) is 20.3 Å². The summed E-state index contributed by atoms with van der Waals surface area (Å²) >= 11 is 0. The highest BCUT2D eigenvalue weighted by atomic mass is 31.2. The van der Waals surface area contributed by atoms with Gasteiger partial charge < -0.3 is 4.57 Å². The summed E-state index contributed by atoms with van der Waals surface area (Å²) in [5.41, 5.74) is 5.60. The molecule has 1 saturated carbocycles. The smallest absolute Gasteiger partial charge is 0.171 e. The second-order valence-electron chi connectivity index (χ2n) is 11.0. The van der Waals surface area contributed by atoms with Gasteiger partial charge in [-0.25, -0.2) is 0 Å². The predicted molar refractivity (Wildman–Crippen MR) is 208 cm³/mol. The summed E-state index contributed by atoms with van der Waals surface area (Å²) in [7, 11) is -2.82. The highest BCUT2D eigenvalue weighted by Crippen LogP contribution is 2.45. The average molecular weight is 635 g/mol. The molecule has 0 radical (unpaired) electrons. The first-order valence-corrected chi connectivity index (χ1v) is 18.1. The van der Waals surface area contributed by atoms with Gasteiger partial charge in [-0.1, -0.05) is 212 Å². The van der Waals surface area contributed by atoms with Crippen molar-refractivity contribution < 1.29 is 4.57 Å². The van der Waals surface area contributed by atoms with Crippen molar-refractivity contribution in [3.8, 4) is 0 Å². The van der Waals surface area contributed by atoms with Crippen molar-refractivity contribution >= 4 is 23.1 Å². The van der Waals surface area contributed by atoms with E-state index in [0.717, 1.165) is 15.9 Å². The van der Waals surface area contributed by atoms with Crippen LogP contribution in [0.2, 0.25) is 0 Å². The lowest BCUT2D eigenvalue weighted by Gasteiger charge is -2.38. The molecule has 6 rings (SSSR count). The van der Waals surface area contributed by atoms with Crippen LogP contribution in [0.5, 0.6) is 0 Å². The Bertz CT molecular complexity index is 1430. The van der Waals surface area contributed by atoms with Gasteiger partial charge in [0, 0.05) is 21.3 Å². The van der Waals surface area contributed by atoms with Gasteiger partial charge >= 0.3 is 0 Å². The summed E-state index contributed by atoms with van der Waals surface area (Å²) in [6.07, 6.45) is 6.68. The standard InChI is InChI=1S/C20H19OP.C18H20.2C2H6.2CH4/c1-16-8-12-19(13-9-16)22(21,18-6-4-3-5-7-18)20-14-10-17(2)11-15-20;1-4-10-16(11-5-1)18(14-8-3-9-15-18)17-12-6-2-7-13-17;2*1-2;;/h3-15H,1-2H3;1-2,4-7,10-13H,3,8-9,14-15H2;2*1-2H3;2*1H4. The number of benzene rings is 5. The van der Waals surface area contributed by atoms with Crippen LogP contribution in [0.3, 0.4) is 0 Å². The van der Waals surface area contributed by atoms with Gasteiger partial charge in [-0.05, 0) is 37.8 Å². The van der Waals surface area contributed by atoms with Gasteiger partial charge in [-0.15, -0.1) is 0 Å². The Morgan fingerprint density at radius 1 is 0.435 bits per heavy atom. The van der Waals surface area contributed by atoms with Crippen LogP contribution in [0, 0.1) is 13.8 Å². The molecule has 0 bridgehead atoms. The van der Waals surface area contributed by atoms with Gasteiger partial charge in [-0.3, -0.25) is 0 Å². The summed E-state index contributed by atoms with van der Waals surface area (Å²) in [5, 5.41) is 2.64. The van der Waals surface area contributed by atoms with E-state index in [1.54, 1.807) is 0 Å². The van der Waals surface area contributed by atoms with E-state index >= 15 is 0 Å². The second kappa shape index (κ2) is 20.5. The monoisotopic (exact) mass is 634 g/mol. The Morgan fingerprint density at radius 3 is 1.09 bits per heavy atom. The summed E-state index contributed by atoms with van der Waals surface area (Å²) in [5.74, 6) is 0. The number of hydrogen-bond acceptors (Lipinski definition) is 1. The van der Waals surface area contributed by atoms with Crippen LogP contribution >= 0.6 is 7.14 Å². The summed E-state index contributed by atoms with van der Waals surface area (Å²) in [6.45, 7) is 12.1. The zero-order valence-corrected chi connectivity index (χ0v) is 28.6. The second-order valence-corrected chi connectivity index (χ2v) is 13.8. The molecule has 0 atom stereocenters. The molecular formula is C44H59OP. The molecule has 46 heavy (non-hydrogen) atoms. The zero-order valence-electron chi connectivity index (χ0n) is 27.7. The van der Waals surface area contributed by atoms with Gasteiger partial charge in [-0.2, -0.15) is 0 Å². The first-order valence-electron chi connectivity index (χ1n) is 16.4. The molecule has 0 saturated heterocycles. The summed E-state index contributed by atoms with van der Waals surface area (Å²) in [6, 6.07) is 48.0. The normalized spacial score (nSPS) is 12.9. The maximum absolute atomic E-state index is 14.0. The van der Waals surface area contributed by atoms with Crippen LogP contribution in [-0.2, 0) is 9.98 Å². The fourth-order valence-corrected chi connectivity index (χ4v) is 8.63. The molecule has 1 aliphatic rings. The summed E-state index contributed by atoms with van der Waals surface area (Å²) in [4.78, 5) is 0. The molecule has 1 fully saturated rings. The van der Waals surface area contributed by atoms with Gasteiger partial charge in [0.05, 0.1) is 0 Å². The lowest BCUT2D eigenvalue weighted by molar-refractivity contribution is 0.346. The van der Waals surface area contributed by atoms with E-state index in [4.69, 9.17) is 0 Å². The minimum absolute atomic E-state index is 0. The molecule has 0 aliphatic heterocycles. The third-order valence-corrected chi connectivity index (χ3v) is 11.4. The van der Waals surface area contributed by atoms with Gasteiger partial charge in [0.25, 0.3) is 0 Å². The quantitative estimate of drug-likeness (QED) is 0.176. The Hall–Kier alpha value is -3.67. The lowest BCUT2D eigenvalue weighted by Crippen LogP contribution is -2.30. The van der Waals surface area contributed by atoms with Crippen LogP contribution in [0.1, 0.15) is 96.9 Å². The predicted octanol–water partition coefficient (Wildman–Crippen LogP) is 12.2. The third-order valence-electron chi connectivity index (χ3n) is 8.27. The van der Waals surface area contributed by atoms with Crippen molar-refractivity contribution in [1.29, 1.82) is 0 Å². The SMILES string of the molecule is C.C.CC.CC.Cc1ccc(P(=O)(c2ccccc2)c2ccc(C)cc2)cc1.c1ccc(C2(c3ccccc3)CCCCC2)cc1. The maximum atomic E-state index is 14.0. The molecule has 0 heterocycles. The Labute approximate surface area is 282 Å².